The Hall–Kier alpha value is -2.66. The lowest BCUT2D eigenvalue weighted by atomic mass is 10.1. The lowest BCUT2D eigenvalue weighted by molar-refractivity contribution is 0.0429. The molecule has 5 nitrogen and oxygen atoms in total. The first-order chi connectivity index (χ1) is 11.1. The van der Waals surface area contributed by atoms with Crippen LogP contribution in [0.25, 0.3) is 11.4 Å². The number of nitrogens with zero attached hydrogens (tertiary/aromatic N) is 2. The standard InChI is InChI=1S/C17H13ClN2O3/c1-11-3-2-4-13(9-11)17(21)22-10-15-19-16(20-23-15)12-5-7-14(18)8-6-12/h2-9H,10H2,1H3. The summed E-state index contributed by atoms with van der Waals surface area (Å²) < 4.78 is 10.3. The number of carbonyl (C=O) groups is 1. The van der Waals surface area contributed by atoms with Gasteiger partial charge in [-0.15, -0.1) is 0 Å². The van der Waals surface area contributed by atoms with E-state index < -0.39 is 5.97 Å². The first-order valence-corrected chi connectivity index (χ1v) is 7.32. The monoisotopic (exact) mass is 328 g/mol. The smallest absolute Gasteiger partial charge is 0.338 e. The second-order valence-electron chi connectivity index (χ2n) is 4.96. The summed E-state index contributed by atoms with van der Waals surface area (Å²) in [5, 5.41) is 4.49. The maximum absolute atomic E-state index is 12.0. The van der Waals surface area contributed by atoms with Crippen molar-refractivity contribution in [3.8, 4) is 11.4 Å². The first-order valence-electron chi connectivity index (χ1n) is 6.94. The van der Waals surface area contributed by atoms with Crippen molar-refractivity contribution >= 4 is 17.6 Å². The number of aromatic nitrogens is 2. The number of carbonyl (C=O) groups excluding carboxylic acids is 1. The zero-order valence-corrected chi connectivity index (χ0v) is 13.1. The quantitative estimate of drug-likeness (QED) is 0.676. The number of rotatable bonds is 4. The topological polar surface area (TPSA) is 65.2 Å². The van der Waals surface area contributed by atoms with E-state index in [2.05, 4.69) is 10.1 Å². The van der Waals surface area contributed by atoms with E-state index in [1.807, 2.05) is 13.0 Å². The molecule has 1 heterocycles. The Morgan fingerprint density at radius 2 is 2.00 bits per heavy atom. The van der Waals surface area contributed by atoms with Crippen LogP contribution in [0.15, 0.2) is 53.1 Å². The van der Waals surface area contributed by atoms with Crippen LogP contribution >= 0.6 is 11.6 Å². The molecule has 0 bridgehead atoms. The lowest BCUT2D eigenvalue weighted by Crippen LogP contribution is -2.05. The normalized spacial score (nSPS) is 10.5. The Balaban J connectivity index is 1.65. The highest BCUT2D eigenvalue weighted by Gasteiger charge is 2.12. The van der Waals surface area contributed by atoms with Crippen LogP contribution in [0.5, 0.6) is 0 Å². The molecule has 0 saturated heterocycles. The molecular formula is C17H13ClN2O3. The minimum absolute atomic E-state index is 0.0760. The second-order valence-corrected chi connectivity index (χ2v) is 5.40. The van der Waals surface area contributed by atoms with Crippen LogP contribution in [0.2, 0.25) is 5.02 Å². The molecule has 0 radical (unpaired) electrons. The van der Waals surface area contributed by atoms with Crippen LogP contribution < -0.4 is 0 Å². The summed E-state index contributed by atoms with van der Waals surface area (Å²) in [5.74, 6) is 0.221. The largest absolute Gasteiger partial charge is 0.452 e. The average Bonchev–Trinajstić information content (AvgIpc) is 3.02. The van der Waals surface area contributed by atoms with Gasteiger partial charge in [0.25, 0.3) is 5.89 Å². The molecule has 3 rings (SSSR count). The van der Waals surface area contributed by atoms with E-state index >= 15 is 0 Å². The van der Waals surface area contributed by atoms with Gasteiger partial charge in [0, 0.05) is 10.6 Å². The van der Waals surface area contributed by atoms with E-state index in [9.17, 15) is 4.79 Å². The van der Waals surface area contributed by atoms with Gasteiger partial charge >= 0.3 is 5.97 Å². The van der Waals surface area contributed by atoms with Crippen LogP contribution in [0.4, 0.5) is 0 Å². The van der Waals surface area contributed by atoms with Gasteiger partial charge in [-0.3, -0.25) is 0 Å². The van der Waals surface area contributed by atoms with Crippen molar-refractivity contribution in [2.24, 2.45) is 0 Å². The Bertz CT molecular complexity index is 828. The molecule has 0 aliphatic rings. The third-order valence-electron chi connectivity index (χ3n) is 3.15. The fourth-order valence-corrected chi connectivity index (χ4v) is 2.14. The molecule has 0 atom stereocenters. The van der Waals surface area contributed by atoms with E-state index in [0.717, 1.165) is 11.1 Å². The molecular weight excluding hydrogens is 316 g/mol. The third kappa shape index (κ3) is 3.76. The summed E-state index contributed by atoms with van der Waals surface area (Å²) >= 11 is 5.84. The highest BCUT2D eigenvalue weighted by molar-refractivity contribution is 6.30. The molecule has 1 aromatic heterocycles. The van der Waals surface area contributed by atoms with E-state index in [4.69, 9.17) is 20.9 Å². The Morgan fingerprint density at radius 3 is 2.74 bits per heavy atom. The molecule has 0 spiro atoms. The molecule has 0 saturated carbocycles. The van der Waals surface area contributed by atoms with E-state index in [0.29, 0.717) is 16.4 Å². The van der Waals surface area contributed by atoms with Gasteiger partial charge in [-0.1, -0.05) is 34.5 Å². The summed E-state index contributed by atoms with van der Waals surface area (Å²) in [6, 6.07) is 14.2. The second kappa shape index (κ2) is 6.62. The highest BCUT2D eigenvalue weighted by atomic mass is 35.5. The fourth-order valence-electron chi connectivity index (χ4n) is 2.01. The van der Waals surface area contributed by atoms with Crippen molar-refractivity contribution in [1.29, 1.82) is 0 Å². The average molecular weight is 329 g/mol. The van der Waals surface area contributed by atoms with Crippen molar-refractivity contribution in [2.75, 3.05) is 0 Å². The van der Waals surface area contributed by atoms with Gasteiger partial charge in [-0.2, -0.15) is 4.98 Å². The van der Waals surface area contributed by atoms with Gasteiger partial charge in [0.2, 0.25) is 5.82 Å². The SMILES string of the molecule is Cc1cccc(C(=O)OCc2nc(-c3ccc(Cl)cc3)no2)c1. The minimum atomic E-state index is -0.431. The predicted molar refractivity (Wildman–Crippen MR) is 85.0 cm³/mol. The third-order valence-corrected chi connectivity index (χ3v) is 3.40. The van der Waals surface area contributed by atoms with Crippen molar-refractivity contribution < 1.29 is 14.1 Å². The van der Waals surface area contributed by atoms with E-state index in [-0.39, 0.29) is 12.5 Å². The van der Waals surface area contributed by atoms with Gasteiger partial charge in [0.1, 0.15) is 0 Å². The molecule has 3 aromatic rings. The van der Waals surface area contributed by atoms with Crippen molar-refractivity contribution in [3.63, 3.8) is 0 Å². The summed E-state index contributed by atoms with van der Waals surface area (Å²) in [6.07, 6.45) is 0. The van der Waals surface area contributed by atoms with Crippen LogP contribution in [-0.4, -0.2) is 16.1 Å². The van der Waals surface area contributed by atoms with E-state index in [1.54, 1.807) is 42.5 Å². The van der Waals surface area contributed by atoms with Crippen molar-refractivity contribution in [1.82, 2.24) is 10.1 Å². The summed E-state index contributed by atoms with van der Waals surface area (Å²) in [4.78, 5) is 16.2. The molecule has 0 fully saturated rings. The van der Waals surface area contributed by atoms with Crippen LogP contribution in [-0.2, 0) is 11.3 Å². The number of aryl methyl sites for hydroxylation is 1. The number of hydrogen-bond donors (Lipinski definition) is 0. The fraction of sp³-hybridized carbons (Fsp3) is 0.118. The summed E-state index contributed by atoms with van der Waals surface area (Å²) in [5.41, 5.74) is 2.25. The molecule has 0 amide bonds. The predicted octanol–water partition coefficient (Wildman–Crippen LogP) is 4.06. The molecule has 116 valence electrons. The molecule has 0 aliphatic heterocycles. The van der Waals surface area contributed by atoms with Gasteiger partial charge in [-0.05, 0) is 43.3 Å². The number of hydrogen-bond acceptors (Lipinski definition) is 5. The van der Waals surface area contributed by atoms with Crippen LogP contribution in [0.1, 0.15) is 21.8 Å². The highest BCUT2D eigenvalue weighted by Crippen LogP contribution is 2.19. The van der Waals surface area contributed by atoms with Crippen LogP contribution in [0, 0.1) is 6.92 Å². The van der Waals surface area contributed by atoms with Gasteiger partial charge < -0.3 is 9.26 Å². The van der Waals surface area contributed by atoms with Crippen molar-refractivity contribution in [3.05, 3.63) is 70.6 Å². The minimum Gasteiger partial charge on any atom is -0.452 e. The number of halogens is 1. The van der Waals surface area contributed by atoms with Crippen molar-refractivity contribution in [2.45, 2.75) is 13.5 Å². The van der Waals surface area contributed by atoms with Gasteiger partial charge in [-0.25, -0.2) is 4.79 Å². The summed E-state index contributed by atoms with van der Waals surface area (Å²) in [7, 11) is 0. The number of esters is 1. The number of benzene rings is 2. The van der Waals surface area contributed by atoms with Gasteiger partial charge in [0.05, 0.1) is 5.56 Å². The zero-order chi connectivity index (χ0) is 16.2. The Morgan fingerprint density at radius 1 is 1.22 bits per heavy atom. The molecule has 2 aromatic carbocycles. The zero-order valence-electron chi connectivity index (χ0n) is 12.3. The van der Waals surface area contributed by atoms with Gasteiger partial charge in [0.15, 0.2) is 6.61 Å². The van der Waals surface area contributed by atoms with Crippen LogP contribution in [0.3, 0.4) is 0 Å². The van der Waals surface area contributed by atoms with E-state index in [1.165, 1.54) is 0 Å². The maximum Gasteiger partial charge on any atom is 0.338 e. The summed E-state index contributed by atoms with van der Waals surface area (Å²) in [6.45, 7) is 1.83. The molecule has 23 heavy (non-hydrogen) atoms. The maximum atomic E-state index is 12.0. The molecule has 6 heteroatoms. The first kappa shape index (κ1) is 15.2. The number of ether oxygens (including phenoxy) is 1. The molecule has 0 aliphatic carbocycles. The molecule has 0 unspecified atom stereocenters. The Kier molecular flexibility index (Phi) is 4.39. The molecule has 0 N–H and O–H groups in total. The lowest BCUT2D eigenvalue weighted by Gasteiger charge is -2.02. The Labute approximate surface area is 137 Å².